The van der Waals surface area contributed by atoms with Crippen LogP contribution in [0.15, 0.2) is 54.7 Å². The lowest BCUT2D eigenvalue weighted by Crippen LogP contribution is -2.46. The van der Waals surface area contributed by atoms with Crippen molar-refractivity contribution in [3.8, 4) is 0 Å². The number of anilines is 1. The maximum Gasteiger partial charge on any atom is 0.270 e. The van der Waals surface area contributed by atoms with E-state index in [4.69, 9.17) is 0 Å². The largest absolute Gasteiger partial charge is 0.369 e. The molecule has 0 atom stereocenters. The van der Waals surface area contributed by atoms with E-state index in [2.05, 4.69) is 56.5 Å². The molecule has 2 aliphatic rings. The summed E-state index contributed by atoms with van der Waals surface area (Å²) in [7, 11) is 0. The number of rotatable bonds is 6. The first kappa shape index (κ1) is 17.7. The van der Waals surface area contributed by atoms with E-state index in [0.29, 0.717) is 11.7 Å². The molecule has 0 unspecified atom stereocenters. The van der Waals surface area contributed by atoms with Gasteiger partial charge >= 0.3 is 0 Å². The molecular weight excluding hydrogens is 336 g/mol. The third-order valence-corrected chi connectivity index (χ3v) is 5.10. The van der Waals surface area contributed by atoms with Gasteiger partial charge in [0, 0.05) is 50.6 Å². The summed E-state index contributed by atoms with van der Waals surface area (Å²) in [5, 5.41) is 3.01. The van der Waals surface area contributed by atoms with Crippen LogP contribution < -0.4 is 10.2 Å². The van der Waals surface area contributed by atoms with Crippen LogP contribution >= 0.6 is 0 Å². The van der Waals surface area contributed by atoms with Gasteiger partial charge in [0.05, 0.1) is 0 Å². The molecule has 0 bridgehead atoms. The van der Waals surface area contributed by atoms with Crippen molar-refractivity contribution in [2.75, 3.05) is 37.6 Å². The first-order valence-corrected chi connectivity index (χ1v) is 9.74. The third-order valence-electron chi connectivity index (χ3n) is 5.10. The molecule has 1 amide bonds. The van der Waals surface area contributed by atoms with Gasteiger partial charge in [0.15, 0.2) is 0 Å². The van der Waals surface area contributed by atoms with Gasteiger partial charge < -0.3 is 10.2 Å². The number of pyridine rings is 1. The molecule has 1 aromatic carbocycles. The van der Waals surface area contributed by atoms with Gasteiger partial charge in [-0.25, -0.2) is 0 Å². The van der Waals surface area contributed by atoms with Gasteiger partial charge in [0.2, 0.25) is 0 Å². The Morgan fingerprint density at radius 2 is 1.89 bits per heavy atom. The normalized spacial score (nSPS) is 18.0. The predicted molar refractivity (Wildman–Crippen MR) is 109 cm³/mol. The predicted octanol–water partition coefficient (Wildman–Crippen LogP) is 2.81. The van der Waals surface area contributed by atoms with Gasteiger partial charge in [0.1, 0.15) is 5.69 Å². The average molecular weight is 362 g/mol. The van der Waals surface area contributed by atoms with Gasteiger partial charge in [-0.3, -0.25) is 14.7 Å². The molecule has 2 aromatic rings. The molecule has 4 rings (SSSR count). The Labute approximate surface area is 160 Å². The van der Waals surface area contributed by atoms with Crippen molar-refractivity contribution in [3.63, 3.8) is 0 Å². The molecule has 1 N–H and O–H groups in total. The number of carbonyl (C=O) groups excluding carboxylic acids is 1. The van der Waals surface area contributed by atoms with Crippen LogP contribution in [0.5, 0.6) is 0 Å². The minimum Gasteiger partial charge on any atom is -0.369 e. The highest BCUT2D eigenvalue weighted by Crippen LogP contribution is 2.20. The van der Waals surface area contributed by atoms with Gasteiger partial charge in [-0.1, -0.05) is 42.5 Å². The molecular formula is C22H26N4O. The summed E-state index contributed by atoms with van der Waals surface area (Å²) >= 11 is 0. The van der Waals surface area contributed by atoms with Crippen LogP contribution in [0.4, 0.5) is 5.69 Å². The van der Waals surface area contributed by atoms with E-state index in [1.165, 1.54) is 5.56 Å². The highest BCUT2D eigenvalue weighted by atomic mass is 16.2. The molecule has 0 radical (unpaired) electrons. The molecule has 140 valence electrons. The second-order valence-corrected chi connectivity index (χ2v) is 7.25. The highest BCUT2D eigenvalue weighted by molar-refractivity contribution is 5.93. The quantitative estimate of drug-likeness (QED) is 0.858. The summed E-state index contributed by atoms with van der Waals surface area (Å²) < 4.78 is 0. The SMILES string of the molecule is O=C(NC1CC1)c1cc(N2CCN(C/C=C/c3ccccc3)CC2)ccn1. The molecule has 5 heteroatoms. The van der Waals surface area contributed by atoms with Crippen LogP contribution in [-0.4, -0.2) is 54.6 Å². The topological polar surface area (TPSA) is 48.5 Å². The van der Waals surface area contributed by atoms with Gasteiger partial charge in [0.25, 0.3) is 5.91 Å². The maximum atomic E-state index is 12.2. The number of nitrogens with zero attached hydrogens (tertiary/aromatic N) is 3. The van der Waals surface area contributed by atoms with Crippen LogP contribution in [0.1, 0.15) is 28.9 Å². The number of hydrogen-bond acceptors (Lipinski definition) is 4. The molecule has 1 aliphatic carbocycles. The second kappa shape index (κ2) is 8.35. The molecule has 1 aliphatic heterocycles. The van der Waals surface area contributed by atoms with Crippen molar-refractivity contribution in [1.29, 1.82) is 0 Å². The van der Waals surface area contributed by atoms with Crippen molar-refractivity contribution in [1.82, 2.24) is 15.2 Å². The van der Waals surface area contributed by atoms with E-state index >= 15 is 0 Å². The molecule has 1 aromatic heterocycles. The number of carbonyl (C=O) groups is 1. The Balaban J connectivity index is 1.28. The Bertz CT molecular complexity index is 793. The Hall–Kier alpha value is -2.66. The summed E-state index contributed by atoms with van der Waals surface area (Å²) in [5.41, 5.74) is 2.85. The fourth-order valence-electron chi connectivity index (χ4n) is 3.32. The van der Waals surface area contributed by atoms with E-state index in [1.54, 1.807) is 6.20 Å². The summed E-state index contributed by atoms with van der Waals surface area (Å²) in [6, 6.07) is 14.7. The zero-order chi connectivity index (χ0) is 18.5. The van der Waals surface area contributed by atoms with E-state index in [0.717, 1.165) is 51.3 Å². The number of piperazine rings is 1. The molecule has 0 spiro atoms. The minimum absolute atomic E-state index is 0.0518. The lowest BCUT2D eigenvalue weighted by atomic mass is 10.2. The van der Waals surface area contributed by atoms with Gasteiger partial charge in [-0.15, -0.1) is 0 Å². The molecule has 2 heterocycles. The Morgan fingerprint density at radius 1 is 1.11 bits per heavy atom. The summed E-state index contributed by atoms with van der Waals surface area (Å²) in [4.78, 5) is 21.2. The van der Waals surface area contributed by atoms with Gasteiger partial charge in [-0.2, -0.15) is 0 Å². The summed E-state index contributed by atoms with van der Waals surface area (Å²) in [6.45, 7) is 4.93. The lowest BCUT2D eigenvalue weighted by molar-refractivity contribution is 0.0946. The second-order valence-electron chi connectivity index (χ2n) is 7.25. The average Bonchev–Trinajstić information content (AvgIpc) is 3.53. The van der Waals surface area contributed by atoms with Crippen LogP contribution in [0.25, 0.3) is 6.08 Å². The van der Waals surface area contributed by atoms with E-state index in [1.807, 2.05) is 18.2 Å². The molecule has 27 heavy (non-hydrogen) atoms. The fraction of sp³-hybridized carbons (Fsp3) is 0.364. The Kier molecular flexibility index (Phi) is 5.49. The van der Waals surface area contributed by atoms with Crippen LogP contribution in [0.3, 0.4) is 0 Å². The molecule has 1 saturated heterocycles. The smallest absolute Gasteiger partial charge is 0.270 e. The van der Waals surface area contributed by atoms with Crippen LogP contribution in [0.2, 0.25) is 0 Å². The molecule has 1 saturated carbocycles. The van der Waals surface area contributed by atoms with Crippen molar-refractivity contribution >= 4 is 17.7 Å². The highest BCUT2D eigenvalue weighted by Gasteiger charge is 2.25. The summed E-state index contributed by atoms with van der Waals surface area (Å²) in [6.07, 6.45) is 8.34. The Morgan fingerprint density at radius 3 is 2.63 bits per heavy atom. The maximum absolute atomic E-state index is 12.2. The number of hydrogen-bond donors (Lipinski definition) is 1. The number of benzene rings is 1. The first-order chi connectivity index (χ1) is 13.3. The zero-order valence-corrected chi connectivity index (χ0v) is 15.6. The van der Waals surface area contributed by atoms with Gasteiger partial charge in [-0.05, 0) is 30.5 Å². The number of nitrogens with one attached hydrogen (secondary N) is 1. The minimum atomic E-state index is -0.0518. The monoisotopic (exact) mass is 362 g/mol. The third kappa shape index (κ3) is 4.95. The number of amides is 1. The molecule has 5 nitrogen and oxygen atoms in total. The zero-order valence-electron chi connectivity index (χ0n) is 15.6. The van der Waals surface area contributed by atoms with E-state index in [9.17, 15) is 4.79 Å². The standard InChI is InChI=1S/C22H26N4O/c27-22(24-19-8-9-19)21-17-20(10-11-23-21)26-15-13-25(14-16-26)12-4-7-18-5-2-1-3-6-18/h1-7,10-11,17,19H,8-9,12-16H2,(H,24,27)/b7-4+. The first-order valence-electron chi connectivity index (χ1n) is 9.74. The summed E-state index contributed by atoms with van der Waals surface area (Å²) in [5.74, 6) is -0.0518. The van der Waals surface area contributed by atoms with Crippen LogP contribution in [0, 0.1) is 0 Å². The van der Waals surface area contributed by atoms with Crippen molar-refractivity contribution in [2.45, 2.75) is 18.9 Å². The number of aromatic nitrogens is 1. The lowest BCUT2D eigenvalue weighted by Gasteiger charge is -2.35. The molecule has 2 fully saturated rings. The van der Waals surface area contributed by atoms with Crippen molar-refractivity contribution in [2.24, 2.45) is 0 Å². The van der Waals surface area contributed by atoms with Crippen molar-refractivity contribution in [3.05, 3.63) is 66.0 Å². The van der Waals surface area contributed by atoms with E-state index < -0.39 is 0 Å². The fourth-order valence-corrected chi connectivity index (χ4v) is 3.32. The van der Waals surface area contributed by atoms with E-state index in [-0.39, 0.29) is 5.91 Å². The van der Waals surface area contributed by atoms with Crippen molar-refractivity contribution < 1.29 is 4.79 Å². The van der Waals surface area contributed by atoms with Crippen LogP contribution in [-0.2, 0) is 0 Å².